The summed E-state index contributed by atoms with van der Waals surface area (Å²) in [6, 6.07) is 11.5. The van der Waals surface area contributed by atoms with Crippen molar-refractivity contribution in [3.8, 4) is 0 Å². The maximum atomic E-state index is 12.5. The molecule has 3 rings (SSSR count). The van der Waals surface area contributed by atoms with Gasteiger partial charge in [-0.05, 0) is 39.1 Å². The van der Waals surface area contributed by atoms with Crippen molar-refractivity contribution in [2.75, 3.05) is 18.5 Å². The number of carbonyl (C=O) groups is 4. The summed E-state index contributed by atoms with van der Waals surface area (Å²) in [7, 11) is 0. The van der Waals surface area contributed by atoms with Crippen LogP contribution in [0.4, 0.5) is 15.3 Å². The number of amides is 2. The van der Waals surface area contributed by atoms with Crippen molar-refractivity contribution >= 4 is 40.6 Å². The highest BCUT2D eigenvalue weighted by molar-refractivity contribution is 6.00. The quantitative estimate of drug-likeness (QED) is 0.378. The first-order chi connectivity index (χ1) is 16.5. The lowest BCUT2D eigenvalue weighted by molar-refractivity contribution is -0.146. The Morgan fingerprint density at radius 3 is 2.34 bits per heavy atom. The van der Waals surface area contributed by atoms with E-state index in [0.29, 0.717) is 5.69 Å². The Hall–Kier alpha value is -3.82. The Kier molecular flexibility index (Phi) is 7.83. The minimum Gasteiger partial charge on any atom is -0.480 e. The van der Waals surface area contributed by atoms with Crippen molar-refractivity contribution in [2.24, 2.45) is 17.8 Å². The molecule has 1 fully saturated rings. The van der Waals surface area contributed by atoms with E-state index < -0.39 is 53.5 Å². The molecule has 0 aromatic heterocycles. The molecular weight excluding hydrogens is 456 g/mol. The molecule has 0 saturated heterocycles. The van der Waals surface area contributed by atoms with E-state index >= 15 is 0 Å². The molecule has 10 nitrogen and oxygen atoms in total. The number of carbonyl (C=O) groups excluding carboxylic acids is 3. The third-order valence-electron chi connectivity index (χ3n) is 5.54. The van der Waals surface area contributed by atoms with Crippen molar-refractivity contribution < 1.29 is 38.5 Å². The van der Waals surface area contributed by atoms with Crippen LogP contribution in [0, 0.1) is 17.8 Å². The van der Waals surface area contributed by atoms with Crippen LogP contribution in [0.1, 0.15) is 27.7 Å². The van der Waals surface area contributed by atoms with E-state index in [1.165, 1.54) is 0 Å². The second kappa shape index (κ2) is 10.6. The molecule has 0 spiro atoms. The molecule has 0 bridgehead atoms. The normalized spacial score (nSPS) is 19.8. The summed E-state index contributed by atoms with van der Waals surface area (Å²) >= 11 is 0. The molecule has 2 aromatic rings. The molecule has 1 aliphatic rings. The van der Waals surface area contributed by atoms with Gasteiger partial charge >= 0.3 is 24.1 Å². The van der Waals surface area contributed by atoms with Gasteiger partial charge in [0.2, 0.25) is 0 Å². The van der Waals surface area contributed by atoms with Crippen LogP contribution in [-0.2, 0) is 23.8 Å². The summed E-state index contributed by atoms with van der Waals surface area (Å²) in [6.45, 7) is 6.44. The van der Waals surface area contributed by atoms with Crippen molar-refractivity contribution in [2.45, 2.75) is 39.3 Å². The van der Waals surface area contributed by atoms with Crippen LogP contribution in [0.2, 0.25) is 0 Å². The Bertz CT molecular complexity index is 1100. The van der Waals surface area contributed by atoms with E-state index in [9.17, 15) is 24.3 Å². The lowest BCUT2D eigenvalue weighted by atomic mass is 10.1. The molecule has 1 aliphatic carbocycles. The topological polar surface area (TPSA) is 140 Å². The fourth-order valence-corrected chi connectivity index (χ4v) is 4.05. The number of hydrogen-bond donors (Lipinski definition) is 3. The monoisotopic (exact) mass is 486 g/mol. The van der Waals surface area contributed by atoms with Crippen molar-refractivity contribution in [3.63, 3.8) is 0 Å². The van der Waals surface area contributed by atoms with Crippen molar-refractivity contribution in [1.82, 2.24) is 5.32 Å². The fourth-order valence-electron chi connectivity index (χ4n) is 4.05. The Morgan fingerprint density at radius 2 is 1.69 bits per heavy atom. The number of nitrogens with one attached hydrogen (secondary N) is 2. The SMILES string of the molecule is CCOC(=O)C1C(COC(=O)Nc2cccc3ccccc23)C1C(NC(=O)OC(C)(C)C)C(=O)O. The lowest BCUT2D eigenvalue weighted by Crippen LogP contribution is -2.45. The highest BCUT2D eigenvalue weighted by Gasteiger charge is 2.62. The second-order valence-corrected chi connectivity index (χ2v) is 9.23. The predicted molar refractivity (Wildman–Crippen MR) is 127 cm³/mol. The zero-order chi connectivity index (χ0) is 25.8. The van der Waals surface area contributed by atoms with Gasteiger partial charge in [-0.1, -0.05) is 36.4 Å². The van der Waals surface area contributed by atoms with Crippen LogP contribution in [-0.4, -0.2) is 54.1 Å². The van der Waals surface area contributed by atoms with Gasteiger partial charge in [-0.2, -0.15) is 0 Å². The summed E-state index contributed by atoms with van der Waals surface area (Å²) in [5, 5.41) is 16.5. The van der Waals surface area contributed by atoms with Gasteiger partial charge in [-0.25, -0.2) is 14.4 Å². The number of alkyl carbamates (subject to hydrolysis) is 1. The van der Waals surface area contributed by atoms with Crippen LogP contribution in [0.5, 0.6) is 0 Å². The van der Waals surface area contributed by atoms with Crippen LogP contribution in [0.25, 0.3) is 10.8 Å². The molecule has 0 radical (unpaired) electrons. The molecule has 188 valence electrons. The smallest absolute Gasteiger partial charge is 0.411 e. The molecule has 2 amide bonds. The van der Waals surface area contributed by atoms with Gasteiger partial charge in [-0.3, -0.25) is 10.1 Å². The number of ether oxygens (including phenoxy) is 3. The summed E-state index contributed by atoms with van der Waals surface area (Å²) in [4.78, 5) is 49.0. The average Bonchev–Trinajstić information content (AvgIpc) is 3.49. The number of anilines is 1. The van der Waals surface area contributed by atoms with Crippen molar-refractivity contribution in [3.05, 3.63) is 42.5 Å². The van der Waals surface area contributed by atoms with E-state index in [2.05, 4.69) is 10.6 Å². The van der Waals surface area contributed by atoms with E-state index in [1.54, 1.807) is 39.8 Å². The largest absolute Gasteiger partial charge is 0.480 e. The fraction of sp³-hybridized carbons (Fsp3) is 0.440. The minimum absolute atomic E-state index is 0.106. The Morgan fingerprint density at radius 1 is 1.00 bits per heavy atom. The summed E-state index contributed by atoms with van der Waals surface area (Å²) < 4.78 is 15.5. The van der Waals surface area contributed by atoms with Crippen LogP contribution in [0.15, 0.2) is 42.5 Å². The highest BCUT2D eigenvalue weighted by Crippen LogP contribution is 2.50. The molecule has 4 atom stereocenters. The summed E-state index contributed by atoms with van der Waals surface area (Å²) in [6.07, 6.45) is -1.67. The van der Waals surface area contributed by atoms with Crippen LogP contribution >= 0.6 is 0 Å². The van der Waals surface area contributed by atoms with E-state index in [1.807, 2.05) is 30.3 Å². The zero-order valence-electron chi connectivity index (χ0n) is 20.1. The highest BCUT2D eigenvalue weighted by atomic mass is 16.6. The number of fused-ring (bicyclic) bond motifs is 1. The van der Waals surface area contributed by atoms with E-state index in [-0.39, 0.29) is 13.2 Å². The van der Waals surface area contributed by atoms with Gasteiger partial charge in [0.05, 0.1) is 24.8 Å². The summed E-state index contributed by atoms with van der Waals surface area (Å²) in [5.41, 5.74) is -0.281. The Balaban J connectivity index is 1.68. The van der Waals surface area contributed by atoms with Gasteiger partial charge < -0.3 is 24.6 Å². The maximum Gasteiger partial charge on any atom is 0.411 e. The number of esters is 1. The van der Waals surface area contributed by atoms with Gasteiger partial charge in [0, 0.05) is 17.2 Å². The third-order valence-corrected chi connectivity index (χ3v) is 5.54. The number of benzene rings is 2. The zero-order valence-corrected chi connectivity index (χ0v) is 20.1. The van der Waals surface area contributed by atoms with Gasteiger partial charge in [0.1, 0.15) is 11.6 Å². The molecule has 1 saturated carbocycles. The molecular formula is C25H30N2O8. The second-order valence-electron chi connectivity index (χ2n) is 9.23. The van der Waals surface area contributed by atoms with Gasteiger partial charge in [0.15, 0.2) is 0 Å². The number of hydrogen-bond acceptors (Lipinski definition) is 7. The number of aliphatic carboxylic acids is 1. The molecule has 3 N–H and O–H groups in total. The molecule has 0 aliphatic heterocycles. The molecule has 4 unspecified atom stereocenters. The first kappa shape index (κ1) is 25.8. The predicted octanol–water partition coefficient (Wildman–Crippen LogP) is 3.79. The third kappa shape index (κ3) is 6.62. The lowest BCUT2D eigenvalue weighted by Gasteiger charge is -2.22. The molecule has 10 heteroatoms. The Labute approximate surface area is 202 Å². The maximum absolute atomic E-state index is 12.5. The number of carboxylic acids is 1. The molecule has 2 aromatic carbocycles. The molecule has 35 heavy (non-hydrogen) atoms. The van der Waals surface area contributed by atoms with Crippen LogP contribution < -0.4 is 10.6 Å². The number of rotatable bonds is 8. The summed E-state index contributed by atoms with van der Waals surface area (Å²) in [5.74, 6) is -4.28. The van der Waals surface area contributed by atoms with Gasteiger partial charge in [0.25, 0.3) is 0 Å². The van der Waals surface area contributed by atoms with Gasteiger partial charge in [-0.15, -0.1) is 0 Å². The minimum atomic E-state index is -1.42. The first-order valence-electron chi connectivity index (χ1n) is 11.3. The van der Waals surface area contributed by atoms with Crippen molar-refractivity contribution in [1.29, 1.82) is 0 Å². The average molecular weight is 487 g/mol. The molecule has 0 heterocycles. The standard InChI is InChI=1S/C25H30N2O8/c1-5-33-22(30)19-16(18(19)20(21(28)29)27-24(32)35-25(2,3)4)13-34-23(31)26-17-12-8-10-14-9-6-7-11-15(14)17/h6-12,16,18-20H,5,13H2,1-4H3,(H,26,31)(H,27,32)(H,28,29). The van der Waals surface area contributed by atoms with E-state index in [4.69, 9.17) is 14.2 Å². The van der Waals surface area contributed by atoms with Crippen LogP contribution in [0.3, 0.4) is 0 Å². The van der Waals surface area contributed by atoms with E-state index in [0.717, 1.165) is 10.8 Å². The first-order valence-corrected chi connectivity index (χ1v) is 11.3. The number of carboxylic acid groups (broad SMARTS) is 1.